The molecule has 0 aliphatic rings. The van der Waals surface area contributed by atoms with E-state index >= 15 is 0 Å². The van der Waals surface area contributed by atoms with Crippen molar-refractivity contribution in [2.45, 2.75) is 9.96 Å². The van der Waals surface area contributed by atoms with Crippen LogP contribution in [0.3, 0.4) is 0 Å². The number of methoxy groups -OCH3 is 3. The third-order valence-corrected chi connectivity index (χ3v) is 5.50. The van der Waals surface area contributed by atoms with E-state index in [1.807, 2.05) is 24.3 Å². The van der Waals surface area contributed by atoms with E-state index in [1.54, 1.807) is 0 Å². The van der Waals surface area contributed by atoms with Crippen molar-refractivity contribution >= 4 is 86.3 Å². The fourth-order valence-electron chi connectivity index (χ4n) is 2.46. The lowest BCUT2D eigenvalue weighted by molar-refractivity contribution is 0.0933. The molecule has 0 radical (unpaired) electrons. The molecular weight excluding hydrogens is 600 g/mol. The summed E-state index contributed by atoms with van der Waals surface area (Å²) in [5, 5.41) is 8.54. The van der Waals surface area contributed by atoms with Gasteiger partial charge >= 0.3 is 0 Å². The Bertz CT molecular complexity index is 917. The van der Waals surface area contributed by atoms with E-state index < -0.39 is 15.9 Å². The first kappa shape index (κ1) is 25.9. The highest BCUT2D eigenvalue weighted by atomic mass is 127. The highest BCUT2D eigenvalue weighted by molar-refractivity contribution is 14.1. The Morgan fingerprint density at radius 3 is 2.00 bits per heavy atom. The van der Waals surface area contributed by atoms with Crippen molar-refractivity contribution in [3.8, 4) is 17.2 Å². The maximum absolute atomic E-state index is 12.9. The van der Waals surface area contributed by atoms with Crippen molar-refractivity contribution < 1.29 is 19.0 Å². The fourth-order valence-corrected chi connectivity index (χ4v) is 3.38. The number of hydrogen-bond acceptors (Lipinski definition) is 5. The van der Waals surface area contributed by atoms with E-state index in [0.29, 0.717) is 17.2 Å². The molecule has 0 bridgehead atoms. The van der Waals surface area contributed by atoms with Crippen LogP contribution in [0.25, 0.3) is 0 Å². The van der Waals surface area contributed by atoms with Gasteiger partial charge in [0.1, 0.15) is 6.17 Å². The van der Waals surface area contributed by atoms with Crippen LogP contribution in [0.2, 0.25) is 0 Å². The van der Waals surface area contributed by atoms with Gasteiger partial charge in [-0.25, -0.2) is 0 Å². The summed E-state index contributed by atoms with van der Waals surface area (Å²) in [6.07, 6.45) is -1.15. The summed E-state index contributed by atoms with van der Waals surface area (Å²) in [5.41, 5.74) is 0.934. The Morgan fingerprint density at radius 2 is 1.55 bits per heavy atom. The molecule has 0 heterocycles. The zero-order valence-electron chi connectivity index (χ0n) is 16.6. The smallest absolute Gasteiger partial charge is 0.253 e. The first-order valence-electron chi connectivity index (χ1n) is 8.59. The minimum atomic E-state index is -1.91. The van der Waals surface area contributed by atoms with Crippen LogP contribution >= 0.6 is 69.6 Å². The molecule has 2 rings (SSSR count). The summed E-state index contributed by atoms with van der Waals surface area (Å²) in [5.74, 6) is 0.406. The highest BCUT2D eigenvalue weighted by Crippen LogP contribution is 2.38. The van der Waals surface area contributed by atoms with Crippen molar-refractivity contribution in [3.05, 3.63) is 45.5 Å². The van der Waals surface area contributed by atoms with Gasteiger partial charge in [-0.3, -0.25) is 4.79 Å². The van der Waals surface area contributed by atoms with Gasteiger partial charge in [-0.15, -0.1) is 0 Å². The molecule has 0 unspecified atom stereocenters. The van der Waals surface area contributed by atoms with E-state index in [0.717, 1.165) is 9.26 Å². The second kappa shape index (κ2) is 11.5. The maximum atomic E-state index is 12.9. The Kier molecular flexibility index (Phi) is 9.56. The molecule has 0 aromatic heterocycles. The van der Waals surface area contributed by atoms with Crippen LogP contribution < -0.4 is 30.2 Å². The molecule has 7 nitrogen and oxygen atoms in total. The number of ether oxygens (including phenoxy) is 3. The molecule has 0 spiro atoms. The van der Waals surface area contributed by atoms with E-state index in [2.05, 4.69) is 38.5 Å². The SMILES string of the molecule is COc1cc(C(=O)N[C@@H](NC(=S)Nc2ccc(I)cc2)C(Cl)(Cl)Cl)cc(OC)c1OC. The molecular formula is C19H19Cl3IN3O4S. The van der Waals surface area contributed by atoms with Gasteiger partial charge in [0.15, 0.2) is 16.6 Å². The van der Waals surface area contributed by atoms with Crippen LogP contribution in [0, 0.1) is 3.57 Å². The van der Waals surface area contributed by atoms with Gasteiger partial charge in [0.25, 0.3) is 5.91 Å². The third-order valence-electron chi connectivity index (χ3n) is 3.91. The van der Waals surface area contributed by atoms with E-state index in [1.165, 1.54) is 33.5 Å². The zero-order valence-corrected chi connectivity index (χ0v) is 21.8. The Labute approximate surface area is 214 Å². The van der Waals surface area contributed by atoms with Crippen molar-refractivity contribution in [1.29, 1.82) is 0 Å². The summed E-state index contributed by atoms with van der Waals surface area (Å²) in [7, 11) is 4.35. The number of rotatable bonds is 7. The van der Waals surface area contributed by atoms with E-state index in [9.17, 15) is 4.79 Å². The average molecular weight is 619 g/mol. The second-order valence-corrected chi connectivity index (χ2v) is 9.99. The lowest BCUT2D eigenvalue weighted by Crippen LogP contribution is -2.56. The van der Waals surface area contributed by atoms with Gasteiger partial charge in [-0.2, -0.15) is 0 Å². The number of amides is 1. The summed E-state index contributed by atoms with van der Waals surface area (Å²) in [6, 6.07) is 10.5. The molecule has 0 fully saturated rings. The lowest BCUT2D eigenvalue weighted by Gasteiger charge is -2.28. The summed E-state index contributed by atoms with van der Waals surface area (Å²) < 4.78 is 15.0. The highest BCUT2D eigenvalue weighted by Gasteiger charge is 2.35. The van der Waals surface area contributed by atoms with Gasteiger partial charge < -0.3 is 30.2 Å². The molecule has 168 valence electrons. The molecule has 2 aromatic carbocycles. The molecule has 31 heavy (non-hydrogen) atoms. The Balaban J connectivity index is 2.19. The fraction of sp³-hybridized carbons (Fsp3) is 0.263. The average Bonchev–Trinajstić information content (AvgIpc) is 2.72. The number of carbonyl (C=O) groups excluding carboxylic acids is 1. The number of nitrogens with one attached hydrogen (secondary N) is 3. The molecule has 0 aliphatic carbocycles. The quantitative estimate of drug-likeness (QED) is 0.179. The topological polar surface area (TPSA) is 80.9 Å². The number of halogens is 4. The summed E-state index contributed by atoms with van der Waals surface area (Å²) >= 11 is 25.7. The number of anilines is 1. The van der Waals surface area contributed by atoms with Crippen LogP contribution in [0.5, 0.6) is 17.2 Å². The molecule has 1 atom stereocenters. The number of alkyl halides is 3. The maximum Gasteiger partial charge on any atom is 0.253 e. The van der Waals surface area contributed by atoms with Gasteiger partial charge in [-0.05, 0) is 71.2 Å². The van der Waals surface area contributed by atoms with Crippen molar-refractivity contribution in [2.75, 3.05) is 26.6 Å². The molecule has 0 saturated heterocycles. The van der Waals surface area contributed by atoms with Gasteiger partial charge in [0.2, 0.25) is 9.54 Å². The normalized spacial score (nSPS) is 11.8. The predicted molar refractivity (Wildman–Crippen MR) is 136 cm³/mol. The van der Waals surface area contributed by atoms with Crippen molar-refractivity contribution in [2.24, 2.45) is 0 Å². The Hall–Kier alpha value is -1.40. The number of carbonyl (C=O) groups is 1. The molecule has 3 N–H and O–H groups in total. The lowest BCUT2D eigenvalue weighted by atomic mass is 10.1. The minimum Gasteiger partial charge on any atom is -0.493 e. The van der Waals surface area contributed by atoms with Gasteiger partial charge in [0, 0.05) is 14.8 Å². The molecule has 0 saturated carbocycles. The standard InChI is InChI=1S/C19H19Cl3IN3O4S/c1-28-13-8-10(9-14(29-2)15(13)30-3)16(27)25-17(19(20,21)22)26-18(31)24-12-6-4-11(23)5-7-12/h4-9,17H,1-3H3,(H,25,27)(H2,24,26,31)/t17-/m0/s1. The largest absolute Gasteiger partial charge is 0.493 e. The monoisotopic (exact) mass is 617 g/mol. The third kappa shape index (κ3) is 7.31. The number of benzene rings is 2. The minimum absolute atomic E-state index is 0.155. The molecule has 2 aromatic rings. The van der Waals surface area contributed by atoms with Crippen LogP contribution in [0.4, 0.5) is 5.69 Å². The van der Waals surface area contributed by atoms with Gasteiger partial charge in [0.05, 0.1) is 21.3 Å². The van der Waals surface area contributed by atoms with Crippen LogP contribution in [-0.2, 0) is 0 Å². The van der Waals surface area contributed by atoms with Crippen molar-refractivity contribution in [1.82, 2.24) is 10.6 Å². The Morgan fingerprint density at radius 1 is 1.00 bits per heavy atom. The summed E-state index contributed by atoms with van der Waals surface area (Å²) in [4.78, 5) is 12.9. The van der Waals surface area contributed by atoms with E-state index in [4.69, 9.17) is 61.2 Å². The number of thiocarbonyl (C=S) groups is 1. The molecule has 1 amide bonds. The van der Waals surface area contributed by atoms with Crippen LogP contribution in [0.15, 0.2) is 36.4 Å². The van der Waals surface area contributed by atoms with Crippen LogP contribution in [-0.4, -0.2) is 42.3 Å². The number of hydrogen-bond donors (Lipinski definition) is 3. The first-order chi connectivity index (χ1) is 14.6. The molecule has 0 aliphatic heterocycles. The second-order valence-electron chi connectivity index (χ2n) is 5.97. The predicted octanol–water partition coefficient (Wildman–Crippen LogP) is 4.73. The summed E-state index contributed by atoms with van der Waals surface area (Å²) in [6.45, 7) is 0. The zero-order chi connectivity index (χ0) is 23.2. The van der Waals surface area contributed by atoms with E-state index in [-0.39, 0.29) is 10.7 Å². The first-order valence-corrected chi connectivity index (χ1v) is 11.2. The molecule has 12 heteroatoms. The van der Waals surface area contributed by atoms with Crippen LogP contribution in [0.1, 0.15) is 10.4 Å². The van der Waals surface area contributed by atoms with Crippen molar-refractivity contribution in [3.63, 3.8) is 0 Å². The van der Waals surface area contributed by atoms with Gasteiger partial charge in [-0.1, -0.05) is 34.8 Å².